The van der Waals surface area contributed by atoms with Gasteiger partial charge in [0.15, 0.2) is 11.6 Å². The van der Waals surface area contributed by atoms with Gasteiger partial charge in [-0.3, -0.25) is 0 Å². The van der Waals surface area contributed by atoms with Crippen LogP contribution in [0.1, 0.15) is 17.3 Å². The Balaban J connectivity index is 2.00. The third-order valence-electron chi connectivity index (χ3n) is 4.09. The number of hydrogen-bond donors (Lipinski definition) is 1. The van der Waals surface area contributed by atoms with E-state index in [0.717, 1.165) is 5.82 Å². The molecule has 1 aromatic carbocycles. The van der Waals surface area contributed by atoms with Gasteiger partial charge < -0.3 is 15.4 Å². The fraction of sp³-hybridized carbons (Fsp3) is 0.263. The summed E-state index contributed by atoms with van der Waals surface area (Å²) >= 11 is 0. The van der Waals surface area contributed by atoms with Crippen molar-refractivity contribution in [3.05, 3.63) is 47.8 Å². The molecule has 2 heterocycles. The highest BCUT2D eigenvalue weighted by atomic mass is 19.1. The number of aryl methyl sites for hydroxylation is 1. The number of nitrogens with zero attached hydrogens (tertiary/aromatic N) is 6. The lowest BCUT2D eigenvalue weighted by Gasteiger charge is -2.11. The molecule has 2 aromatic heterocycles. The van der Waals surface area contributed by atoms with Crippen LogP contribution in [0.2, 0.25) is 0 Å². The normalized spacial score (nSPS) is 11.7. The Bertz CT molecular complexity index is 1010. The van der Waals surface area contributed by atoms with Crippen LogP contribution < -0.4 is 15.4 Å². The third kappa shape index (κ3) is 3.92. The maximum atomic E-state index is 13.7. The molecule has 0 spiro atoms. The lowest BCUT2D eigenvalue weighted by Crippen LogP contribution is -2.09. The fourth-order valence-corrected chi connectivity index (χ4v) is 2.50. The van der Waals surface area contributed by atoms with Gasteiger partial charge in [0, 0.05) is 51.7 Å². The first kappa shape index (κ1) is 19.3. The average molecular weight is 381 g/mol. The van der Waals surface area contributed by atoms with Crippen molar-refractivity contribution in [1.29, 1.82) is 5.26 Å². The van der Waals surface area contributed by atoms with Crippen LogP contribution in [0.4, 0.5) is 10.2 Å². The Morgan fingerprint density at radius 3 is 2.57 bits per heavy atom. The van der Waals surface area contributed by atoms with E-state index >= 15 is 0 Å². The molecule has 0 aliphatic carbocycles. The summed E-state index contributed by atoms with van der Waals surface area (Å²) in [4.78, 5) is 10.3. The van der Waals surface area contributed by atoms with Crippen LogP contribution in [0.25, 0.3) is 11.4 Å². The van der Waals surface area contributed by atoms with Crippen molar-refractivity contribution in [2.75, 3.05) is 25.5 Å². The second-order valence-electron chi connectivity index (χ2n) is 6.33. The van der Waals surface area contributed by atoms with Gasteiger partial charge in [-0.05, 0) is 18.2 Å². The number of ether oxygens (including phenoxy) is 1. The summed E-state index contributed by atoms with van der Waals surface area (Å²) in [6.45, 7) is -0.136. The predicted molar refractivity (Wildman–Crippen MR) is 103 cm³/mol. The zero-order chi connectivity index (χ0) is 20.3. The van der Waals surface area contributed by atoms with E-state index in [1.807, 2.05) is 19.0 Å². The Morgan fingerprint density at radius 1 is 1.29 bits per heavy atom. The Labute approximate surface area is 162 Å². The molecular weight excluding hydrogens is 361 g/mol. The molecule has 2 N–H and O–H groups in total. The number of aromatic nitrogens is 4. The van der Waals surface area contributed by atoms with Crippen LogP contribution in [0.3, 0.4) is 0 Å². The molecule has 0 saturated heterocycles. The molecule has 3 rings (SSSR count). The summed E-state index contributed by atoms with van der Waals surface area (Å²) in [6, 6.07) is 8.81. The van der Waals surface area contributed by atoms with E-state index in [-0.39, 0.29) is 6.54 Å². The standard InChI is InChI=1S/C19H20FN7O/c1-26(2)17-7-18(27(3)25-17)28-16-6-12(8-21)4-5-14(16)19-23-10-13(11-24-19)15(20)9-22/h4-7,10-11,15H,9,22H2,1-3H3/t15-/m0/s1. The van der Waals surface area contributed by atoms with Crippen molar-refractivity contribution >= 4 is 5.82 Å². The van der Waals surface area contributed by atoms with Gasteiger partial charge in [0.25, 0.3) is 0 Å². The number of nitrogens with two attached hydrogens (primary N) is 1. The molecule has 0 radical (unpaired) electrons. The summed E-state index contributed by atoms with van der Waals surface area (Å²) in [5.74, 6) is 1.97. The number of halogens is 1. The van der Waals surface area contributed by atoms with Gasteiger partial charge in [-0.25, -0.2) is 19.0 Å². The first-order valence-electron chi connectivity index (χ1n) is 8.52. The number of hydrogen-bond acceptors (Lipinski definition) is 7. The SMILES string of the molecule is CN(C)c1cc(Oc2cc(C#N)ccc2-c2ncc([C@@H](F)CN)cn2)n(C)n1. The largest absolute Gasteiger partial charge is 0.438 e. The van der Waals surface area contributed by atoms with E-state index in [0.29, 0.717) is 34.1 Å². The van der Waals surface area contributed by atoms with Gasteiger partial charge in [-0.15, -0.1) is 0 Å². The van der Waals surface area contributed by atoms with E-state index in [9.17, 15) is 9.65 Å². The molecule has 9 heteroatoms. The number of nitriles is 1. The van der Waals surface area contributed by atoms with Crippen LogP contribution in [-0.2, 0) is 7.05 Å². The van der Waals surface area contributed by atoms with Crippen LogP contribution in [0, 0.1) is 11.3 Å². The molecule has 0 aliphatic heterocycles. The van der Waals surface area contributed by atoms with Crippen molar-refractivity contribution in [2.45, 2.75) is 6.17 Å². The molecule has 28 heavy (non-hydrogen) atoms. The molecule has 0 amide bonds. The zero-order valence-corrected chi connectivity index (χ0v) is 15.8. The van der Waals surface area contributed by atoms with Gasteiger partial charge in [0.05, 0.1) is 17.2 Å². The molecule has 0 bridgehead atoms. The van der Waals surface area contributed by atoms with Crippen LogP contribution in [0.15, 0.2) is 36.7 Å². The van der Waals surface area contributed by atoms with Crippen LogP contribution in [-0.4, -0.2) is 40.4 Å². The summed E-state index contributed by atoms with van der Waals surface area (Å²) in [7, 11) is 5.51. The number of benzene rings is 1. The highest BCUT2D eigenvalue weighted by Crippen LogP contribution is 2.33. The highest BCUT2D eigenvalue weighted by molar-refractivity contribution is 5.66. The fourth-order valence-electron chi connectivity index (χ4n) is 2.50. The van der Waals surface area contributed by atoms with E-state index in [1.54, 1.807) is 36.0 Å². The van der Waals surface area contributed by atoms with E-state index < -0.39 is 6.17 Å². The molecule has 0 fully saturated rings. The molecule has 3 aromatic rings. The summed E-state index contributed by atoms with van der Waals surface area (Å²) < 4.78 is 21.3. The summed E-state index contributed by atoms with van der Waals surface area (Å²) in [6.07, 6.45) is 1.48. The van der Waals surface area contributed by atoms with Crippen molar-refractivity contribution in [3.63, 3.8) is 0 Å². The van der Waals surface area contributed by atoms with Crippen LogP contribution in [0.5, 0.6) is 11.6 Å². The Morgan fingerprint density at radius 2 is 2.00 bits per heavy atom. The van der Waals surface area contributed by atoms with Crippen molar-refractivity contribution in [1.82, 2.24) is 19.7 Å². The van der Waals surface area contributed by atoms with Gasteiger partial charge in [0.2, 0.25) is 5.88 Å². The van der Waals surface area contributed by atoms with Gasteiger partial charge in [0.1, 0.15) is 11.9 Å². The molecule has 144 valence electrons. The second kappa shape index (κ2) is 8.02. The van der Waals surface area contributed by atoms with E-state index in [4.69, 9.17) is 10.5 Å². The van der Waals surface area contributed by atoms with Gasteiger partial charge in [-0.1, -0.05) is 0 Å². The first-order chi connectivity index (χ1) is 13.4. The maximum absolute atomic E-state index is 13.7. The van der Waals surface area contributed by atoms with Crippen LogP contribution >= 0.6 is 0 Å². The van der Waals surface area contributed by atoms with Crippen molar-refractivity contribution in [2.24, 2.45) is 12.8 Å². The Hall–Kier alpha value is -3.51. The molecule has 0 unspecified atom stereocenters. The first-order valence-corrected chi connectivity index (χ1v) is 8.52. The molecule has 1 atom stereocenters. The minimum Gasteiger partial charge on any atom is -0.438 e. The minimum absolute atomic E-state index is 0.136. The van der Waals surface area contributed by atoms with Gasteiger partial charge in [-0.2, -0.15) is 10.4 Å². The second-order valence-corrected chi connectivity index (χ2v) is 6.33. The van der Waals surface area contributed by atoms with Crippen molar-refractivity contribution in [3.8, 4) is 29.1 Å². The topological polar surface area (TPSA) is 106 Å². The monoisotopic (exact) mass is 381 g/mol. The highest BCUT2D eigenvalue weighted by Gasteiger charge is 2.16. The van der Waals surface area contributed by atoms with E-state index in [1.165, 1.54) is 12.4 Å². The zero-order valence-electron chi connectivity index (χ0n) is 15.8. The predicted octanol–water partition coefficient (Wildman–Crippen LogP) is 2.58. The lowest BCUT2D eigenvalue weighted by atomic mass is 10.1. The quantitative estimate of drug-likeness (QED) is 0.699. The van der Waals surface area contributed by atoms with Gasteiger partial charge >= 0.3 is 0 Å². The molecular formula is C19H20FN7O. The summed E-state index contributed by atoms with van der Waals surface area (Å²) in [5.41, 5.74) is 6.65. The minimum atomic E-state index is -1.32. The Kier molecular flexibility index (Phi) is 5.52. The smallest absolute Gasteiger partial charge is 0.219 e. The average Bonchev–Trinajstić information content (AvgIpc) is 3.08. The molecule has 0 saturated carbocycles. The number of anilines is 1. The van der Waals surface area contributed by atoms with Crippen molar-refractivity contribution < 1.29 is 9.13 Å². The third-order valence-corrected chi connectivity index (χ3v) is 4.09. The number of alkyl halides is 1. The van der Waals surface area contributed by atoms with E-state index in [2.05, 4.69) is 21.1 Å². The molecule has 0 aliphatic rings. The number of rotatable bonds is 6. The summed E-state index contributed by atoms with van der Waals surface area (Å²) in [5, 5.41) is 13.6. The lowest BCUT2D eigenvalue weighted by molar-refractivity contribution is 0.351. The molecule has 8 nitrogen and oxygen atoms in total. The maximum Gasteiger partial charge on any atom is 0.219 e.